The lowest BCUT2D eigenvalue weighted by Gasteiger charge is -2.19. The number of nitrogens with zero attached hydrogens (tertiary/aromatic N) is 2. The first-order chi connectivity index (χ1) is 8.70. The molecule has 0 radical (unpaired) electrons. The Morgan fingerprint density at radius 3 is 2.89 bits per heavy atom. The van der Waals surface area contributed by atoms with Crippen LogP contribution in [0.3, 0.4) is 0 Å². The Kier molecular flexibility index (Phi) is 4.30. The van der Waals surface area contributed by atoms with Crippen LogP contribution in [0.2, 0.25) is 0 Å². The Morgan fingerprint density at radius 1 is 1.56 bits per heavy atom. The Balaban J connectivity index is 2.05. The molecule has 100 valence electrons. The number of hydrogen-bond acceptors (Lipinski definition) is 4. The van der Waals surface area contributed by atoms with Gasteiger partial charge in [-0.15, -0.1) is 0 Å². The van der Waals surface area contributed by atoms with E-state index in [2.05, 4.69) is 20.5 Å². The minimum Gasteiger partial charge on any atom is -0.381 e. The van der Waals surface area contributed by atoms with Gasteiger partial charge in [0.25, 0.3) is 0 Å². The highest BCUT2D eigenvalue weighted by Gasteiger charge is 2.22. The summed E-state index contributed by atoms with van der Waals surface area (Å²) < 4.78 is 5.33. The number of H-pyrrole nitrogens is 1. The highest BCUT2D eigenvalue weighted by atomic mass is 16.5. The van der Waals surface area contributed by atoms with Gasteiger partial charge in [-0.2, -0.15) is 5.10 Å². The number of aromatic amines is 1. The van der Waals surface area contributed by atoms with Gasteiger partial charge in [0, 0.05) is 26.1 Å². The molecule has 6 heteroatoms. The van der Waals surface area contributed by atoms with Crippen molar-refractivity contribution in [3.63, 3.8) is 0 Å². The molecule has 1 aliphatic rings. The molecule has 1 saturated heterocycles. The molecular formula is C12H20N4O2. The Morgan fingerprint density at radius 2 is 2.28 bits per heavy atom. The number of ether oxygens (including phenoxy) is 1. The van der Waals surface area contributed by atoms with E-state index in [4.69, 9.17) is 4.74 Å². The molecule has 1 aliphatic heterocycles. The Labute approximate surface area is 107 Å². The van der Waals surface area contributed by atoms with Crippen LogP contribution in [0.15, 0.2) is 0 Å². The number of nitrogens with one attached hydrogen (secondary N) is 2. The minimum atomic E-state index is -0.104. The van der Waals surface area contributed by atoms with Gasteiger partial charge < -0.3 is 10.1 Å². The quantitative estimate of drug-likeness (QED) is 0.846. The van der Waals surface area contributed by atoms with Gasteiger partial charge in [0.2, 0.25) is 5.91 Å². The molecule has 0 aliphatic carbocycles. The number of amides is 1. The van der Waals surface area contributed by atoms with Crippen molar-refractivity contribution in [3.8, 4) is 0 Å². The van der Waals surface area contributed by atoms with Gasteiger partial charge >= 0.3 is 0 Å². The lowest BCUT2D eigenvalue weighted by atomic mass is 10.00. The van der Waals surface area contributed by atoms with E-state index >= 15 is 0 Å². The third-order valence-electron chi connectivity index (χ3n) is 3.23. The first-order valence-corrected chi connectivity index (χ1v) is 6.47. The third kappa shape index (κ3) is 3.07. The molecule has 18 heavy (non-hydrogen) atoms. The molecule has 1 fully saturated rings. The first-order valence-electron chi connectivity index (χ1n) is 6.47. The zero-order valence-corrected chi connectivity index (χ0v) is 10.9. The van der Waals surface area contributed by atoms with Crippen molar-refractivity contribution in [2.75, 3.05) is 13.2 Å². The average Bonchev–Trinajstić information content (AvgIpc) is 2.86. The molecule has 0 saturated carbocycles. The topological polar surface area (TPSA) is 79.9 Å². The fourth-order valence-electron chi connectivity index (χ4n) is 2.19. The van der Waals surface area contributed by atoms with Crippen molar-refractivity contribution in [2.45, 2.75) is 45.1 Å². The van der Waals surface area contributed by atoms with E-state index in [1.54, 1.807) is 0 Å². The standard InChI is InChI=1S/C12H20N4O2/c1-3-10(13-8(2)17)12-14-11(15-16-12)9-4-6-18-7-5-9/h9-10H,3-7H2,1-2H3,(H,13,17)(H,14,15,16)/t10-/m0/s1. The number of carbonyl (C=O) groups excluding carboxylic acids is 1. The SMILES string of the molecule is CC[C@H](NC(C)=O)c1n[nH]c(C2CCOCC2)n1. The lowest BCUT2D eigenvalue weighted by molar-refractivity contribution is -0.119. The summed E-state index contributed by atoms with van der Waals surface area (Å²) in [5.41, 5.74) is 0. The summed E-state index contributed by atoms with van der Waals surface area (Å²) in [5, 5.41) is 10.1. The summed E-state index contributed by atoms with van der Waals surface area (Å²) in [4.78, 5) is 15.6. The fourth-order valence-corrected chi connectivity index (χ4v) is 2.19. The second kappa shape index (κ2) is 5.95. The predicted octanol–water partition coefficient (Wildman–Crippen LogP) is 1.29. The zero-order valence-electron chi connectivity index (χ0n) is 10.9. The molecule has 1 amide bonds. The van der Waals surface area contributed by atoms with E-state index in [9.17, 15) is 4.79 Å². The van der Waals surface area contributed by atoms with Gasteiger partial charge in [0.15, 0.2) is 5.82 Å². The van der Waals surface area contributed by atoms with Crippen LogP contribution in [0, 0.1) is 0 Å². The predicted molar refractivity (Wildman–Crippen MR) is 66.0 cm³/mol. The highest BCUT2D eigenvalue weighted by molar-refractivity contribution is 5.73. The Hall–Kier alpha value is -1.43. The summed E-state index contributed by atoms with van der Waals surface area (Å²) in [6.45, 7) is 5.08. The monoisotopic (exact) mass is 252 g/mol. The summed E-state index contributed by atoms with van der Waals surface area (Å²) in [6, 6.07) is -0.104. The van der Waals surface area contributed by atoms with E-state index in [0.29, 0.717) is 11.7 Å². The van der Waals surface area contributed by atoms with E-state index in [-0.39, 0.29) is 11.9 Å². The summed E-state index contributed by atoms with van der Waals surface area (Å²) in [6.07, 6.45) is 2.74. The maximum Gasteiger partial charge on any atom is 0.217 e. The van der Waals surface area contributed by atoms with Gasteiger partial charge in [0.1, 0.15) is 5.82 Å². The van der Waals surface area contributed by atoms with Crippen molar-refractivity contribution < 1.29 is 9.53 Å². The maximum absolute atomic E-state index is 11.1. The number of hydrogen-bond donors (Lipinski definition) is 2. The van der Waals surface area contributed by atoms with E-state index in [0.717, 1.165) is 38.3 Å². The smallest absolute Gasteiger partial charge is 0.217 e. The summed E-state index contributed by atoms with van der Waals surface area (Å²) >= 11 is 0. The van der Waals surface area contributed by atoms with E-state index < -0.39 is 0 Å². The average molecular weight is 252 g/mol. The molecule has 2 heterocycles. The molecule has 2 N–H and O–H groups in total. The van der Waals surface area contributed by atoms with Crippen LogP contribution in [0.4, 0.5) is 0 Å². The van der Waals surface area contributed by atoms with Gasteiger partial charge in [-0.3, -0.25) is 9.89 Å². The number of carbonyl (C=O) groups is 1. The van der Waals surface area contributed by atoms with Crippen molar-refractivity contribution in [1.82, 2.24) is 20.5 Å². The first kappa shape index (κ1) is 13.0. The van der Waals surface area contributed by atoms with E-state index in [1.807, 2.05) is 6.92 Å². The normalized spacial score (nSPS) is 18.6. The van der Waals surface area contributed by atoms with Crippen molar-refractivity contribution in [2.24, 2.45) is 0 Å². The molecule has 1 atom stereocenters. The molecule has 0 bridgehead atoms. The van der Waals surface area contributed by atoms with Gasteiger partial charge in [0.05, 0.1) is 6.04 Å². The molecular weight excluding hydrogens is 232 g/mol. The van der Waals surface area contributed by atoms with Crippen LogP contribution in [0.5, 0.6) is 0 Å². The van der Waals surface area contributed by atoms with Gasteiger partial charge in [-0.25, -0.2) is 4.98 Å². The zero-order chi connectivity index (χ0) is 13.0. The molecule has 6 nitrogen and oxygen atoms in total. The van der Waals surface area contributed by atoms with E-state index in [1.165, 1.54) is 6.92 Å². The van der Waals surface area contributed by atoms with Crippen LogP contribution in [0.25, 0.3) is 0 Å². The second-order valence-corrected chi connectivity index (χ2v) is 4.63. The van der Waals surface area contributed by atoms with Crippen LogP contribution in [-0.4, -0.2) is 34.3 Å². The van der Waals surface area contributed by atoms with Crippen molar-refractivity contribution in [3.05, 3.63) is 11.6 Å². The number of aromatic nitrogens is 3. The largest absolute Gasteiger partial charge is 0.381 e. The van der Waals surface area contributed by atoms with Crippen LogP contribution in [0.1, 0.15) is 56.7 Å². The molecule has 0 spiro atoms. The molecule has 0 unspecified atom stereocenters. The molecule has 2 rings (SSSR count). The van der Waals surface area contributed by atoms with Crippen molar-refractivity contribution in [1.29, 1.82) is 0 Å². The minimum absolute atomic E-state index is 0.0562. The highest BCUT2D eigenvalue weighted by Crippen LogP contribution is 2.24. The molecule has 0 aromatic carbocycles. The second-order valence-electron chi connectivity index (χ2n) is 4.63. The maximum atomic E-state index is 11.1. The molecule has 1 aromatic rings. The summed E-state index contributed by atoms with van der Waals surface area (Å²) in [5.74, 6) is 1.93. The van der Waals surface area contributed by atoms with Gasteiger partial charge in [-0.05, 0) is 19.3 Å². The van der Waals surface area contributed by atoms with Crippen LogP contribution in [-0.2, 0) is 9.53 Å². The van der Waals surface area contributed by atoms with Crippen molar-refractivity contribution >= 4 is 5.91 Å². The summed E-state index contributed by atoms with van der Waals surface area (Å²) in [7, 11) is 0. The van der Waals surface area contributed by atoms with Crippen LogP contribution < -0.4 is 5.32 Å². The third-order valence-corrected chi connectivity index (χ3v) is 3.23. The molecule has 1 aromatic heterocycles. The van der Waals surface area contributed by atoms with Gasteiger partial charge in [-0.1, -0.05) is 6.92 Å². The lowest BCUT2D eigenvalue weighted by Crippen LogP contribution is -2.26. The Bertz CT molecular complexity index is 399. The number of rotatable bonds is 4. The fraction of sp³-hybridized carbons (Fsp3) is 0.750. The van der Waals surface area contributed by atoms with Crippen LogP contribution >= 0.6 is 0 Å².